The van der Waals surface area contributed by atoms with Crippen molar-refractivity contribution >= 4 is 5.69 Å². The summed E-state index contributed by atoms with van der Waals surface area (Å²) in [6.45, 7) is 4.51. The maximum absolute atomic E-state index is 11.0. The van der Waals surface area contributed by atoms with E-state index >= 15 is 0 Å². The van der Waals surface area contributed by atoms with Gasteiger partial charge in [0.05, 0.1) is 10.6 Å². The first-order valence-electron chi connectivity index (χ1n) is 6.15. The normalized spacial score (nSPS) is 10.7. The van der Waals surface area contributed by atoms with Gasteiger partial charge in [0.1, 0.15) is 0 Å². The zero-order valence-electron chi connectivity index (χ0n) is 11.3. The molecule has 0 spiro atoms. The number of aryl methyl sites for hydroxylation is 1. The lowest BCUT2D eigenvalue weighted by Gasteiger charge is -2.08. The third-order valence-corrected chi connectivity index (χ3v) is 2.98. The smallest absolute Gasteiger partial charge is 0.278 e. The first-order chi connectivity index (χ1) is 9.59. The molecule has 2 heterocycles. The molecule has 0 saturated carbocycles. The molecule has 2 aromatic rings. The molecule has 0 fully saturated rings. The van der Waals surface area contributed by atoms with Crippen molar-refractivity contribution in [1.82, 2.24) is 20.4 Å². The predicted molar refractivity (Wildman–Crippen MR) is 70.1 cm³/mol. The monoisotopic (exact) mass is 277 g/mol. The van der Waals surface area contributed by atoms with E-state index in [1.165, 1.54) is 12.6 Å². The number of hydrogen-bond acceptors (Lipinski definition) is 7. The Morgan fingerprint density at radius 3 is 2.85 bits per heavy atom. The fourth-order valence-corrected chi connectivity index (χ4v) is 1.93. The van der Waals surface area contributed by atoms with E-state index in [9.17, 15) is 10.1 Å². The molecule has 0 unspecified atom stereocenters. The standard InChI is InChI=1S/C12H15N5O3/c1-8-5-14-10(9(2)12(8)17(18)19)6-13-4-3-11-15-7-20-16-11/h5,7,13H,3-4,6H2,1-2H3. The van der Waals surface area contributed by atoms with E-state index in [-0.39, 0.29) is 10.6 Å². The summed E-state index contributed by atoms with van der Waals surface area (Å²) in [5.74, 6) is 0.622. The molecule has 8 heteroatoms. The van der Waals surface area contributed by atoms with Crippen LogP contribution in [-0.4, -0.2) is 26.6 Å². The lowest BCUT2D eigenvalue weighted by molar-refractivity contribution is -0.386. The number of aromatic nitrogens is 3. The molecule has 2 rings (SSSR count). The predicted octanol–water partition coefficient (Wildman–Crippen LogP) is 1.32. The van der Waals surface area contributed by atoms with Crippen molar-refractivity contribution in [2.75, 3.05) is 6.54 Å². The van der Waals surface area contributed by atoms with Crippen LogP contribution >= 0.6 is 0 Å². The van der Waals surface area contributed by atoms with Gasteiger partial charge in [0.25, 0.3) is 5.69 Å². The molecule has 0 aromatic carbocycles. The molecule has 0 radical (unpaired) electrons. The summed E-state index contributed by atoms with van der Waals surface area (Å²) in [7, 11) is 0. The molecule has 0 saturated heterocycles. The lowest BCUT2D eigenvalue weighted by Crippen LogP contribution is -2.19. The number of hydrogen-bond donors (Lipinski definition) is 1. The number of rotatable bonds is 6. The molecule has 20 heavy (non-hydrogen) atoms. The fourth-order valence-electron chi connectivity index (χ4n) is 1.93. The zero-order valence-corrected chi connectivity index (χ0v) is 11.3. The second-order valence-corrected chi connectivity index (χ2v) is 4.39. The highest BCUT2D eigenvalue weighted by molar-refractivity contribution is 5.47. The molecule has 0 aliphatic heterocycles. The Kier molecular flexibility index (Phi) is 4.36. The number of pyridine rings is 1. The average molecular weight is 277 g/mol. The molecule has 1 N–H and O–H groups in total. The minimum absolute atomic E-state index is 0.134. The van der Waals surface area contributed by atoms with Gasteiger partial charge in [0, 0.05) is 36.8 Å². The number of nitro groups is 1. The maximum Gasteiger partial charge on any atom is 0.278 e. The van der Waals surface area contributed by atoms with Gasteiger partial charge in [0.2, 0.25) is 6.39 Å². The summed E-state index contributed by atoms with van der Waals surface area (Å²) in [5.41, 5.74) is 1.98. The highest BCUT2D eigenvalue weighted by atomic mass is 16.6. The highest BCUT2D eigenvalue weighted by Crippen LogP contribution is 2.23. The summed E-state index contributed by atoms with van der Waals surface area (Å²) >= 11 is 0. The van der Waals surface area contributed by atoms with Crippen LogP contribution in [0.5, 0.6) is 0 Å². The molecular formula is C12H15N5O3. The Hall–Kier alpha value is -2.35. The average Bonchev–Trinajstić information content (AvgIpc) is 2.89. The SMILES string of the molecule is Cc1cnc(CNCCc2ncon2)c(C)c1[N+](=O)[O-]. The van der Waals surface area contributed by atoms with Crippen LogP contribution in [0.1, 0.15) is 22.6 Å². The minimum Gasteiger partial charge on any atom is -0.343 e. The van der Waals surface area contributed by atoms with Crippen LogP contribution in [0.4, 0.5) is 5.69 Å². The van der Waals surface area contributed by atoms with Crippen molar-refractivity contribution in [1.29, 1.82) is 0 Å². The van der Waals surface area contributed by atoms with Crippen molar-refractivity contribution in [3.05, 3.63) is 45.4 Å². The first kappa shape index (κ1) is 14.1. The Balaban J connectivity index is 1.96. The van der Waals surface area contributed by atoms with Crippen molar-refractivity contribution in [2.45, 2.75) is 26.8 Å². The highest BCUT2D eigenvalue weighted by Gasteiger charge is 2.18. The molecule has 0 aliphatic rings. The lowest BCUT2D eigenvalue weighted by atomic mass is 10.1. The van der Waals surface area contributed by atoms with Crippen LogP contribution in [0, 0.1) is 24.0 Å². The van der Waals surface area contributed by atoms with Gasteiger partial charge in [-0.05, 0) is 13.8 Å². The van der Waals surface area contributed by atoms with Crippen LogP contribution < -0.4 is 5.32 Å². The van der Waals surface area contributed by atoms with Crippen molar-refractivity contribution in [3.8, 4) is 0 Å². The van der Waals surface area contributed by atoms with E-state index in [2.05, 4.69) is 25.0 Å². The Labute approximate surface area is 115 Å². The molecule has 2 aromatic heterocycles. The summed E-state index contributed by atoms with van der Waals surface area (Å²) in [4.78, 5) is 18.8. The topological polar surface area (TPSA) is 107 Å². The van der Waals surface area contributed by atoms with E-state index in [0.29, 0.717) is 42.2 Å². The molecule has 0 atom stereocenters. The molecule has 106 valence electrons. The van der Waals surface area contributed by atoms with E-state index in [1.54, 1.807) is 13.8 Å². The third-order valence-electron chi connectivity index (χ3n) is 2.98. The van der Waals surface area contributed by atoms with Gasteiger partial charge in [-0.25, -0.2) is 0 Å². The van der Waals surface area contributed by atoms with Crippen molar-refractivity contribution in [2.24, 2.45) is 0 Å². The van der Waals surface area contributed by atoms with Crippen LogP contribution in [-0.2, 0) is 13.0 Å². The van der Waals surface area contributed by atoms with E-state index in [1.807, 2.05) is 0 Å². The molecular weight excluding hydrogens is 262 g/mol. The van der Waals surface area contributed by atoms with Gasteiger partial charge < -0.3 is 9.84 Å². The van der Waals surface area contributed by atoms with E-state index in [0.717, 1.165) is 0 Å². The van der Waals surface area contributed by atoms with Gasteiger partial charge in [0.15, 0.2) is 5.82 Å². The summed E-state index contributed by atoms with van der Waals surface area (Å²) < 4.78 is 4.63. The van der Waals surface area contributed by atoms with Crippen LogP contribution in [0.3, 0.4) is 0 Å². The molecule has 0 bridgehead atoms. The Morgan fingerprint density at radius 2 is 2.20 bits per heavy atom. The fraction of sp³-hybridized carbons (Fsp3) is 0.417. The Morgan fingerprint density at radius 1 is 1.40 bits per heavy atom. The second kappa shape index (κ2) is 6.20. The van der Waals surface area contributed by atoms with Gasteiger partial charge in [-0.1, -0.05) is 5.16 Å². The summed E-state index contributed by atoms with van der Waals surface area (Å²) in [5, 5.41) is 17.9. The summed E-state index contributed by atoms with van der Waals surface area (Å²) in [6.07, 6.45) is 3.44. The van der Waals surface area contributed by atoms with Gasteiger partial charge in [-0.2, -0.15) is 4.98 Å². The maximum atomic E-state index is 11.0. The second-order valence-electron chi connectivity index (χ2n) is 4.39. The van der Waals surface area contributed by atoms with E-state index < -0.39 is 0 Å². The quantitative estimate of drug-likeness (QED) is 0.482. The van der Waals surface area contributed by atoms with Crippen LogP contribution in [0.15, 0.2) is 17.1 Å². The van der Waals surface area contributed by atoms with Crippen LogP contribution in [0.2, 0.25) is 0 Å². The molecule has 0 amide bonds. The van der Waals surface area contributed by atoms with Crippen molar-refractivity contribution in [3.63, 3.8) is 0 Å². The minimum atomic E-state index is -0.366. The summed E-state index contributed by atoms with van der Waals surface area (Å²) in [6, 6.07) is 0. The van der Waals surface area contributed by atoms with E-state index in [4.69, 9.17) is 0 Å². The number of nitrogens with zero attached hydrogens (tertiary/aromatic N) is 4. The largest absolute Gasteiger partial charge is 0.343 e. The van der Waals surface area contributed by atoms with Gasteiger partial charge in [-0.3, -0.25) is 15.1 Å². The Bertz CT molecular complexity index is 597. The molecule has 8 nitrogen and oxygen atoms in total. The van der Waals surface area contributed by atoms with Crippen LogP contribution in [0.25, 0.3) is 0 Å². The van der Waals surface area contributed by atoms with Crippen molar-refractivity contribution < 1.29 is 9.45 Å². The molecule has 0 aliphatic carbocycles. The van der Waals surface area contributed by atoms with Gasteiger partial charge >= 0.3 is 0 Å². The number of nitrogens with one attached hydrogen (secondary N) is 1. The first-order valence-corrected chi connectivity index (χ1v) is 6.15. The third kappa shape index (κ3) is 3.15. The zero-order chi connectivity index (χ0) is 14.5. The van der Waals surface area contributed by atoms with Gasteiger partial charge in [-0.15, -0.1) is 0 Å².